The first-order chi connectivity index (χ1) is 37.3. The monoisotopic (exact) mass is 1070 g/mol. The molecule has 0 aliphatic carbocycles. The summed E-state index contributed by atoms with van der Waals surface area (Å²) >= 11 is 0. The van der Waals surface area contributed by atoms with Crippen molar-refractivity contribution in [1.82, 2.24) is 4.90 Å². The lowest BCUT2D eigenvalue weighted by Crippen LogP contribution is -2.23. The number of carbonyl (C=O) groups excluding carboxylic acids is 4. The van der Waals surface area contributed by atoms with Crippen LogP contribution in [0.15, 0.2) is 42.5 Å². The molecule has 0 radical (unpaired) electrons. The van der Waals surface area contributed by atoms with Gasteiger partial charge in [0.2, 0.25) is 0 Å². The Morgan fingerprint density at radius 3 is 1.41 bits per heavy atom. The summed E-state index contributed by atoms with van der Waals surface area (Å²) in [6.45, 7) is 13.3. The number of ether oxygens (including phenoxy) is 6. The van der Waals surface area contributed by atoms with Crippen molar-refractivity contribution in [2.24, 2.45) is 0 Å². The average molecular weight is 1070 g/mol. The van der Waals surface area contributed by atoms with Crippen LogP contribution in [0.2, 0.25) is 0 Å². The highest BCUT2D eigenvalue weighted by atomic mass is 16.7. The van der Waals surface area contributed by atoms with Gasteiger partial charge in [0, 0.05) is 38.9 Å². The van der Waals surface area contributed by atoms with E-state index in [9.17, 15) is 19.2 Å². The summed E-state index contributed by atoms with van der Waals surface area (Å²) in [5.74, 6) is -1.18. The third kappa shape index (κ3) is 40.6. The molecule has 1 aromatic carbocycles. The highest BCUT2D eigenvalue weighted by Gasteiger charge is 2.19. The maximum Gasteiger partial charge on any atom is 0.306 e. The minimum Gasteiger partial charge on any atom is -0.462 e. The van der Waals surface area contributed by atoms with Crippen molar-refractivity contribution in [3.63, 3.8) is 0 Å². The molecular formula is C65H111NO10. The average Bonchev–Trinajstić information content (AvgIpc) is 3.95. The summed E-state index contributed by atoms with van der Waals surface area (Å²) in [7, 11) is 0. The van der Waals surface area contributed by atoms with Gasteiger partial charge in [-0.2, -0.15) is 0 Å². The van der Waals surface area contributed by atoms with Crippen LogP contribution in [0.4, 0.5) is 0 Å². The SMILES string of the molecule is CCCCC/C=C\C/C=C\CCCCCCCC(=O)OCc1cc(COC(=O)CCC(CCCCCC)OC(=O)CCCN2CCCC2)cc(COC(=O)CCC(OCCCCCCCC)OCCCCCCCC)c1. The fraction of sp³-hybridized carbons (Fsp3) is 0.785. The molecule has 1 aliphatic heterocycles. The molecule has 0 N–H and O–H groups in total. The van der Waals surface area contributed by atoms with Crippen LogP contribution in [0.5, 0.6) is 0 Å². The van der Waals surface area contributed by atoms with Crippen LogP contribution in [0.1, 0.15) is 282 Å². The highest BCUT2D eigenvalue weighted by Crippen LogP contribution is 2.20. The molecule has 1 aliphatic rings. The number of unbranched alkanes of at least 4 members (excludes halogenated alkanes) is 21. The zero-order valence-electron chi connectivity index (χ0n) is 49.0. The van der Waals surface area contributed by atoms with Gasteiger partial charge < -0.3 is 33.3 Å². The smallest absolute Gasteiger partial charge is 0.306 e. The molecule has 1 unspecified atom stereocenters. The van der Waals surface area contributed by atoms with Crippen LogP contribution < -0.4 is 0 Å². The highest BCUT2D eigenvalue weighted by molar-refractivity contribution is 5.71. The normalized spacial score (nSPS) is 13.3. The van der Waals surface area contributed by atoms with Crippen LogP contribution in [-0.4, -0.2) is 74.0 Å². The Morgan fingerprint density at radius 1 is 0.447 bits per heavy atom. The van der Waals surface area contributed by atoms with Crippen LogP contribution in [-0.2, 0) is 67.4 Å². The molecular weight excluding hydrogens is 955 g/mol. The maximum absolute atomic E-state index is 13.3. The van der Waals surface area contributed by atoms with Gasteiger partial charge in [0.1, 0.15) is 25.9 Å². The number of benzene rings is 1. The molecule has 1 heterocycles. The summed E-state index contributed by atoms with van der Waals surface area (Å²) in [6.07, 6.45) is 44.6. The van der Waals surface area contributed by atoms with Gasteiger partial charge in [0.15, 0.2) is 6.29 Å². The van der Waals surface area contributed by atoms with E-state index in [0.717, 1.165) is 134 Å². The number of nitrogens with zero attached hydrogens (tertiary/aromatic N) is 1. The molecule has 2 rings (SSSR count). The molecule has 0 aromatic heterocycles. The van der Waals surface area contributed by atoms with E-state index in [0.29, 0.717) is 50.0 Å². The second-order valence-electron chi connectivity index (χ2n) is 21.5. The zero-order chi connectivity index (χ0) is 54.8. The fourth-order valence-electron chi connectivity index (χ4n) is 9.56. The van der Waals surface area contributed by atoms with Crippen LogP contribution in [0.25, 0.3) is 0 Å². The number of carbonyl (C=O) groups is 4. The van der Waals surface area contributed by atoms with E-state index in [-0.39, 0.29) is 62.6 Å². The molecule has 11 heteroatoms. The van der Waals surface area contributed by atoms with Gasteiger partial charge in [0.25, 0.3) is 0 Å². The fourth-order valence-corrected chi connectivity index (χ4v) is 9.56. The standard InChI is InChI=1S/C65H111NO10/c1-5-9-13-17-20-21-22-23-24-25-26-27-28-29-33-40-61(67)73-54-57-51-58(55-74-62(68)43-42-60(39-32-16-12-8-4)76-64(70)41-38-48-66-46-34-35-47-66)53-59(52-57)56-75-63(69)44-45-65(71-49-36-30-18-14-10-6-2)72-50-37-31-19-15-11-7-3/h20-21,23-24,51-53,60,65H,5-19,22,25-50,54-56H2,1-4H3/b21-20-,24-23-. The minimum atomic E-state index is -0.462. The summed E-state index contributed by atoms with van der Waals surface area (Å²) in [6, 6.07) is 5.62. The van der Waals surface area contributed by atoms with E-state index in [1.165, 1.54) is 89.9 Å². The van der Waals surface area contributed by atoms with Gasteiger partial charge in [-0.1, -0.05) is 168 Å². The number of allylic oxidation sites excluding steroid dienone is 4. The molecule has 0 amide bonds. The van der Waals surface area contributed by atoms with Gasteiger partial charge in [-0.3, -0.25) is 19.2 Å². The first-order valence-electron chi connectivity index (χ1n) is 31.3. The first-order valence-corrected chi connectivity index (χ1v) is 31.3. The Morgan fingerprint density at radius 2 is 0.868 bits per heavy atom. The predicted molar refractivity (Wildman–Crippen MR) is 310 cm³/mol. The second-order valence-corrected chi connectivity index (χ2v) is 21.5. The van der Waals surface area contributed by atoms with E-state index in [2.05, 4.69) is 56.9 Å². The van der Waals surface area contributed by atoms with Gasteiger partial charge in [-0.05, 0) is 144 Å². The van der Waals surface area contributed by atoms with Gasteiger partial charge in [-0.25, -0.2) is 0 Å². The lowest BCUT2D eigenvalue weighted by Gasteiger charge is -2.19. The summed E-state index contributed by atoms with van der Waals surface area (Å²) in [5.41, 5.74) is 2.14. The maximum atomic E-state index is 13.3. The first kappa shape index (κ1) is 68.6. The summed E-state index contributed by atoms with van der Waals surface area (Å²) in [5, 5.41) is 0. The van der Waals surface area contributed by atoms with Gasteiger partial charge in [0.05, 0.1) is 6.42 Å². The van der Waals surface area contributed by atoms with Crippen molar-refractivity contribution in [2.75, 3.05) is 32.8 Å². The van der Waals surface area contributed by atoms with Crippen molar-refractivity contribution in [3.8, 4) is 0 Å². The number of esters is 4. The molecule has 1 atom stereocenters. The molecule has 0 bridgehead atoms. The second kappa shape index (κ2) is 49.7. The molecule has 1 saturated heterocycles. The predicted octanol–water partition coefficient (Wildman–Crippen LogP) is 17.0. The molecule has 76 heavy (non-hydrogen) atoms. The van der Waals surface area contributed by atoms with E-state index < -0.39 is 6.29 Å². The van der Waals surface area contributed by atoms with Gasteiger partial charge in [-0.15, -0.1) is 0 Å². The van der Waals surface area contributed by atoms with Crippen LogP contribution in [0.3, 0.4) is 0 Å². The molecule has 0 saturated carbocycles. The Labute approximate surface area is 464 Å². The van der Waals surface area contributed by atoms with Crippen molar-refractivity contribution < 1.29 is 47.6 Å². The Hall–Kier alpha value is -3.54. The van der Waals surface area contributed by atoms with Crippen molar-refractivity contribution in [1.29, 1.82) is 0 Å². The van der Waals surface area contributed by atoms with E-state index >= 15 is 0 Å². The summed E-state index contributed by atoms with van der Waals surface area (Å²) in [4.78, 5) is 54.7. The Kier molecular flexibility index (Phi) is 44.9. The third-order valence-corrected chi connectivity index (χ3v) is 14.2. The Bertz CT molecular complexity index is 1620. The van der Waals surface area contributed by atoms with Crippen molar-refractivity contribution >= 4 is 23.9 Å². The quantitative estimate of drug-likeness (QED) is 0.0203. The van der Waals surface area contributed by atoms with Gasteiger partial charge >= 0.3 is 23.9 Å². The van der Waals surface area contributed by atoms with Crippen LogP contribution >= 0.6 is 0 Å². The Balaban J connectivity index is 1.99. The molecule has 436 valence electrons. The van der Waals surface area contributed by atoms with E-state index in [1.54, 1.807) is 0 Å². The zero-order valence-corrected chi connectivity index (χ0v) is 49.0. The van der Waals surface area contributed by atoms with Crippen molar-refractivity contribution in [3.05, 3.63) is 59.2 Å². The number of likely N-dealkylation sites (tertiary alicyclic amines) is 1. The van der Waals surface area contributed by atoms with E-state index in [1.807, 2.05) is 18.2 Å². The van der Waals surface area contributed by atoms with Crippen molar-refractivity contribution in [2.45, 2.75) is 297 Å². The number of hydrogen-bond donors (Lipinski definition) is 0. The molecule has 1 fully saturated rings. The third-order valence-electron chi connectivity index (χ3n) is 14.2. The number of hydrogen-bond acceptors (Lipinski definition) is 11. The lowest BCUT2D eigenvalue weighted by molar-refractivity contribution is -0.160. The molecule has 0 spiro atoms. The number of rotatable bonds is 52. The topological polar surface area (TPSA) is 127 Å². The summed E-state index contributed by atoms with van der Waals surface area (Å²) < 4.78 is 35.7. The molecule has 11 nitrogen and oxygen atoms in total. The minimum absolute atomic E-state index is 0.00144. The largest absolute Gasteiger partial charge is 0.462 e. The van der Waals surface area contributed by atoms with Crippen LogP contribution in [0, 0.1) is 0 Å². The molecule has 1 aromatic rings. The lowest BCUT2D eigenvalue weighted by atomic mass is 10.0. The van der Waals surface area contributed by atoms with E-state index in [4.69, 9.17) is 28.4 Å².